The maximum Gasteiger partial charge on any atom is 0.387 e. The van der Waals surface area contributed by atoms with Crippen LogP contribution in [0.3, 0.4) is 0 Å². The van der Waals surface area contributed by atoms with Crippen LogP contribution >= 0.6 is 0 Å². The molecule has 1 spiro atoms. The molecule has 27 heavy (non-hydrogen) atoms. The molecular formula is C21H27F2NO3. The van der Waals surface area contributed by atoms with Crippen LogP contribution in [-0.2, 0) is 11.2 Å². The minimum atomic E-state index is -2.79. The minimum absolute atomic E-state index is 0.00326. The molecule has 6 heteroatoms. The molecule has 1 heterocycles. The fourth-order valence-electron chi connectivity index (χ4n) is 5.28. The number of carbonyl (C=O) groups is 1. The molecule has 1 atom stereocenters. The molecule has 2 saturated carbocycles. The zero-order valence-electron chi connectivity index (χ0n) is 15.7. The van der Waals surface area contributed by atoms with Crippen LogP contribution in [0.25, 0.3) is 0 Å². The normalized spacial score (nSPS) is 31.7. The summed E-state index contributed by atoms with van der Waals surface area (Å²) in [6.07, 6.45) is 5.53. The maximum atomic E-state index is 12.5. The molecule has 2 aliphatic carbocycles. The monoisotopic (exact) mass is 379 g/mol. The lowest BCUT2D eigenvalue weighted by Crippen LogP contribution is -2.61. The van der Waals surface area contributed by atoms with Gasteiger partial charge in [0.15, 0.2) is 0 Å². The van der Waals surface area contributed by atoms with Gasteiger partial charge in [0.25, 0.3) is 0 Å². The highest BCUT2D eigenvalue weighted by Gasteiger charge is 2.52. The van der Waals surface area contributed by atoms with E-state index in [1.54, 1.807) is 19.1 Å². The van der Waals surface area contributed by atoms with Gasteiger partial charge in [0.1, 0.15) is 5.75 Å². The smallest absolute Gasteiger partial charge is 0.387 e. The quantitative estimate of drug-likeness (QED) is 0.850. The van der Waals surface area contributed by atoms with Gasteiger partial charge < -0.3 is 14.7 Å². The van der Waals surface area contributed by atoms with Gasteiger partial charge in [0, 0.05) is 24.4 Å². The van der Waals surface area contributed by atoms with E-state index in [0.29, 0.717) is 18.8 Å². The lowest BCUT2D eigenvalue weighted by atomic mass is 9.69. The largest absolute Gasteiger partial charge is 0.435 e. The molecule has 148 valence electrons. The first-order chi connectivity index (χ1) is 12.7. The van der Waals surface area contributed by atoms with E-state index < -0.39 is 12.2 Å². The zero-order valence-corrected chi connectivity index (χ0v) is 15.7. The molecule has 0 unspecified atom stereocenters. The van der Waals surface area contributed by atoms with Crippen molar-refractivity contribution in [1.82, 2.24) is 4.90 Å². The molecule has 0 aromatic heterocycles. The summed E-state index contributed by atoms with van der Waals surface area (Å²) in [5, 5.41) is 9.83. The van der Waals surface area contributed by atoms with E-state index in [0.717, 1.165) is 44.3 Å². The number of hydrogen-bond acceptors (Lipinski definition) is 3. The van der Waals surface area contributed by atoms with Crippen molar-refractivity contribution in [2.45, 2.75) is 57.7 Å². The second kappa shape index (κ2) is 6.73. The van der Waals surface area contributed by atoms with Crippen molar-refractivity contribution >= 4 is 5.91 Å². The molecular weight excluding hydrogens is 352 g/mol. The first-order valence-corrected chi connectivity index (χ1v) is 9.79. The number of ether oxygens (including phenoxy) is 1. The molecule has 1 aromatic carbocycles. The first-order valence-electron chi connectivity index (χ1n) is 9.79. The predicted molar refractivity (Wildman–Crippen MR) is 96.5 cm³/mol. The highest BCUT2D eigenvalue weighted by Crippen LogP contribution is 2.50. The number of nitrogens with zero attached hydrogens (tertiary/aromatic N) is 1. The van der Waals surface area contributed by atoms with Crippen molar-refractivity contribution in [2.75, 3.05) is 13.1 Å². The van der Waals surface area contributed by atoms with E-state index >= 15 is 0 Å². The summed E-state index contributed by atoms with van der Waals surface area (Å²) in [5.74, 6) is 0.988. The molecule has 4 rings (SSSR count). The van der Waals surface area contributed by atoms with Crippen LogP contribution in [0.15, 0.2) is 24.3 Å². The molecule has 1 N–H and O–H groups in total. The average Bonchev–Trinajstić information content (AvgIpc) is 2.96. The number of amides is 1. The van der Waals surface area contributed by atoms with Gasteiger partial charge in [0.05, 0.1) is 5.60 Å². The van der Waals surface area contributed by atoms with Crippen molar-refractivity contribution in [3.05, 3.63) is 29.8 Å². The van der Waals surface area contributed by atoms with Crippen molar-refractivity contribution < 1.29 is 23.4 Å². The number of carbonyl (C=O) groups excluding carboxylic acids is 1. The summed E-state index contributed by atoms with van der Waals surface area (Å²) in [4.78, 5) is 14.4. The minimum Gasteiger partial charge on any atom is -0.435 e. The van der Waals surface area contributed by atoms with Crippen LogP contribution in [0.1, 0.15) is 44.6 Å². The first kappa shape index (κ1) is 18.7. The highest BCUT2D eigenvalue weighted by atomic mass is 19.3. The number of likely N-dealkylation sites (tertiary alicyclic amines) is 1. The van der Waals surface area contributed by atoms with Gasteiger partial charge in [-0.1, -0.05) is 12.1 Å². The van der Waals surface area contributed by atoms with E-state index in [9.17, 15) is 18.7 Å². The van der Waals surface area contributed by atoms with Crippen LogP contribution in [0.2, 0.25) is 0 Å². The van der Waals surface area contributed by atoms with E-state index in [4.69, 9.17) is 0 Å². The van der Waals surface area contributed by atoms with E-state index in [-0.39, 0.29) is 23.0 Å². The van der Waals surface area contributed by atoms with Crippen molar-refractivity contribution in [3.8, 4) is 5.75 Å². The molecule has 1 aromatic rings. The van der Waals surface area contributed by atoms with E-state index in [1.807, 2.05) is 17.0 Å². The highest BCUT2D eigenvalue weighted by molar-refractivity contribution is 5.81. The summed E-state index contributed by atoms with van der Waals surface area (Å²) >= 11 is 0. The lowest BCUT2D eigenvalue weighted by Gasteiger charge is -2.52. The second-order valence-corrected chi connectivity index (χ2v) is 9.13. The van der Waals surface area contributed by atoms with Gasteiger partial charge >= 0.3 is 6.61 Å². The van der Waals surface area contributed by atoms with Crippen LogP contribution in [0.4, 0.5) is 8.78 Å². The Labute approximate surface area is 158 Å². The van der Waals surface area contributed by atoms with Gasteiger partial charge in [-0.3, -0.25) is 4.79 Å². The Morgan fingerprint density at radius 1 is 1.26 bits per heavy atom. The Kier molecular flexibility index (Phi) is 4.65. The van der Waals surface area contributed by atoms with Gasteiger partial charge in [-0.25, -0.2) is 0 Å². The Hall–Kier alpha value is -1.69. The summed E-state index contributed by atoms with van der Waals surface area (Å²) < 4.78 is 28.8. The molecule has 3 fully saturated rings. The molecule has 3 aliphatic rings. The lowest BCUT2D eigenvalue weighted by molar-refractivity contribution is -0.161. The fourth-order valence-corrected chi connectivity index (χ4v) is 5.28. The third kappa shape index (κ3) is 3.96. The maximum absolute atomic E-state index is 12.5. The summed E-state index contributed by atoms with van der Waals surface area (Å²) in [6, 6.07) is 6.93. The molecule has 1 aliphatic heterocycles. The van der Waals surface area contributed by atoms with E-state index in [2.05, 4.69) is 4.74 Å². The number of benzene rings is 1. The third-order valence-electron chi connectivity index (χ3n) is 6.56. The third-order valence-corrected chi connectivity index (χ3v) is 6.56. The van der Waals surface area contributed by atoms with Gasteiger partial charge in [-0.05, 0) is 69.1 Å². The van der Waals surface area contributed by atoms with Gasteiger partial charge in [-0.2, -0.15) is 8.78 Å². The van der Waals surface area contributed by atoms with Crippen LogP contribution in [0, 0.1) is 17.3 Å². The summed E-state index contributed by atoms with van der Waals surface area (Å²) in [6.45, 7) is 0.702. The SMILES string of the molecule is CC1(O)CC(C(=O)N2CC3(CC[C@H](Cc4ccc(OC(F)F)cc4)C3)C2)C1. The van der Waals surface area contributed by atoms with Crippen LogP contribution in [-0.4, -0.2) is 41.2 Å². The number of alkyl halides is 2. The Balaban J connectivity index is 1.24. The fraction of sp³-hybridized carbons (Fsp3) is 0.667. The molecule has 0 bridgehead atoms. The molecule has 1 amide bonds. The number of aliphatic hydroxyl groups is 1. The van der Waals surface area contributed by atoms with Crippen molar-refractivity contribution in [1.29, 1.82) is 0 Å². The Bertz CT molecular complexity index is 690. The van der Waals surface area contributed by atoms with E-state index in [1.165, 1.54) is 0 Å². The van der Waals surface area contributed by atoms with Crippen molar-refractivity contribution in [2.24, 2.45) is 17.3 Å². The molecule has 0 radical (unpaired) electrons. The number of hydrogen-bond donors (Lipinski definition) is 1. The topological polar surface area (TPSA) is 49.8 Å². The average molecular weight is 379 g/mol. The predicted octanol–water partition coefficient (Wildman–Crippen LogP) is 3.62. The van der Waals surface area contributed by atoms with Gasteiger partial charge in [-0.15, -0.1) is 0 Å². The second-order valence-electron chi connectivity index (χ2n) is 9.13. The molecule has 4 nitrogen and oxygen atoms in total. The number of rotatable bonds is 5. The van der Waals surface area contributed by atoms with Crippen LogP contribution in [0.5, 0.6) is 5.75 Å². The molecule has 1 saturated heterocycles. The summed E-state index contributed by atoms with van der Waals surface area (Å²) in [5.41, 5.74) is 0.755. The standard InChI is InChI=1S/C21H27F2NO3/c1-20(26)10-16(11-20)18(25)24-12-21(13-24)7-6-15(9-21)8-14-2-4-17(5-3-14)27-19(22)23/h2-5,15-16,19,26H,6-13H2,1H3/t15-,16?,20?/m1/s1. The number of halogens is 2. The Morgan fingerprint density at radius 3 is 2.52 bits per heavy atom. The van der Waals surface area contributed by atoms with Crippen LogP contribution < -0.4 is 4.74 Å². The zero-order chi connectivity index (χ0) is 19.2. The van der Waals surface area contributed by atoms with Crippen molar-refractivity contribution in [3.63, 3.8) is 0 Å². The summed E-state index contributed by atoms with van der Waals surface area (Å²) in [7, 11) is 0. The Morgan fingerprint density at radius 2 is 1.93 bits per heavy atom. The van der Waals surface area contributed by atoms with Gasteiger partial charge in [0.2, 0.25) is 5.91 Å².